The maximum atomic E-state index is 13.2. The van der Waals surface area contributed by atoms with Crippen molar-refractivity contribution in [3.63, 3.8) is 0 Å². The zero-order valence-electron chi connectivity index (χ0n) is 19.8. The number of thioether (sulfide) groups is 1. The van der Waals surface area contributed by atoms with Gasteiger partial charge in [0.05, 0.1) is 0 Å². The number of imide groups is 1. The minimum Gasteiger partial charge on any atom is -0.511 e. The predicted molar refractivity (Wildman–Crippen MR) is 125 cm³/mol. The second-order valence-electron chi connectivity index (χ2n) is 11.3. The molecule has 0 aromatic rings. The van der Waals surface area contributed by atoms with Gasteiger partial charge < -0.3 is 5.11 Å². The van der Waals surface area contributed by atoms with Crippen molar-refractivity contribution in [3.8, 4) is 0 Å². The fourth-order valence-electron chi connectivity index (χ4n) is 6.18. The van der Waals surface area contributed by atoms with Gasteiger partial charge in [0.25, 0.3) is 5.91 Å². The van der Waals surface area contributed by atoms with E-state index in [4.69, 9.17) is 0 Å². The Morgan fingerprint density at radius 1 is 1.23 bits per heavy atom. The molecule has 1 heterocycles. The molecular weight excluding hydrogens is 410 g/mol. The first kappa shape index (κ1) is 24.3. The van der Waals surface area contributed by atoms with Crippen LogP contribution in [0.2, 0.25) is 0 Å². The van der Waals surface area contributed by atoms with Crippen molar-refractivity contribution < 1.29 is 19.5 Å². The van der Waals surface area contributed by atoms with Gasteiger partial charge >= 0.3 is 0 Å². The summed E-state index contributed by atoms with van der Waals surface area (Å²) < 4.78 is 0. The van der Waals surface area contributed by atoms with Crippen LogP contribution >= 0.6 is 11.8 Å². The van der Waals surface area contributed by atoms with E-state index in [1.165, 1.54) is 24.2 Å². The van der Waals surface area contributed by atoms with Crippen LogP contribution in [0.1, 0.15) is 79.1 Å². The van der Waals surface area contributed by atoms with Gasteiger partial charge in [0.2, 0.25) is 5.91 Å². The van der Waals surface area contributed by atoms with E-state index in [-0.39, 0.29) is 40.8 Å². The molecule has 3 fully saturated rings. The van der Waals surface area contributed by atoms with Crippen molar-refractivity contribution in [2.24, 2.45) is 29.1 Å². The maximum Gasteiger partial charge on any atom is 0.268 e. The lowest BCUT2D eigenvalue weighted by molar-refractivity contribution is -0.144. The number of carbonyl (C=O) groups is 3. The van der Waals surface area contributed by atoms with Gasteiger partial charge in [-0.05, 0) is 73.2 Å². The zero-order chi connectivity index (χ0) is 22.9. The lowest BCUT2D eigenvalue weighted by Gasteiger charge is -2.26. The first-order valence-electron chi connectivity index (χ1n) is 11.8. The number of fused-ring (bicyclic) bond motifs is 2. The number of hydrogen-bond donors (Lipinski definition) is 1. The molecule has 0 radical (unpaired) electrons. The Bertz CT molecular complexity index is 753. The van der Waals surface area contributed by atoms with Crippen LogP contribution in [0.25, 0.3) is 0 Å². The molecule has 2 saturated carbocycles. The van der Waals surface area contributed by atoms with E-state index in [9.17, 15) is 19.5 Å². The molecule has 2 amide bonds. The Balaban J connectivity index is 1.78. The number of amides is 2. The quantitative estimate of drug-likeness (QED) is 0.315. The smallest absolute Gasteiger partial charge is 0.268 e. The summed E-state index contributed by atoms with van der Waals surface area (Å²) in [6, 6.07) is -0.772. The molecule has 5 nitrogen and oxygen atoms in total. The van der Waals surface area contributed by atoms with Crippen molar-refractivity contribution in [2.45, 2.75) is 85.1 Å². The van der Waals surface area contributed by atoms with Crippen molar-refractivity contribution in [3.05, 3.63) is 11.3 Å². The predicted octanol–water partition coefficient (Wildman–Crippen LogP) is 5.15. The summed E-state index contributed by atoms with van der Waals surface area (Å²) in [7, 11) is 0. The number of ketones is 1. The molecule has 3 rings (SSSR count). The first-order valence-corrected chi connectivity index (χ1v) is 13.2. The normalized spacial score (nSPS) is 30.9. The maximum absolute atomic E-state index is 13.2. The number of carbonyl (C=O) groups excluding carboxylic acids is 3. The third kappa shape index (κ3) is 5.55. The van der Waals surface area contributed by atoms with Crippen LogP contribution in [0.15, 0.2) is 11.3 Å². The highest BCUT2D eigenvalue weighted by atomic mass is 32.2. The molecule has 31 heavy (non-hydrogen) atoms. The highest BCUT2D eigenvalue weighted by molar-refractivity contribution is 7.98. The van der Waals surface area contributed by atoms with Crippen LogP contribution in [0, 0.1) is 29.1 Å². The third-order valence-corrected chi connectivity index (χ3v) is 7.91. The van der Waals surface area contributed by atoms with Gasteiger partial charge in [-0.2, -0.15) is 11.8 Å². The number of aliphatic hydroxyl groups is 1. The van der Waals surface area contributed by atoms with Gasteiger partial charge in [-0.15, -0.1) is 0 Å². The summed E-state index contributed by atoms with van der Waals surface area (Å²) in [5.41, 5.74) is -0.0297. The van der Waals surface area contributed by atoms with E-state index in [0.29, 0.717) is 30.4 Å². The second-order valence-corrected chi connectivity index (χ2v) is 12.3. The molecule has 2 bridgehead atoms. The minimum atomic E-state index is -0.772. The highest BCUT2D eigenvalue weighted by Crippen LogP contribution is 2.50. The third-order valence-electron chi connectivity index (χ3n) is 7.27. The van der Waals surface area contributed by atoms with Gasteiger partial charge in [0.1, 0.15) is 17.4 Å². The molecule has 3 aliphatic rings. The van der Waals surface area contributed by atoms with Crippen molar-refractivity contribution >= 4 is 29.4 Å². The fraction of sp³-hybridized carbons (Fsp3) is 0.800. The molecule has 1 N–H and O–H groups in total. The second kappa shape index (κ2) is 9.68. The van der Waals surface area contributed by atoms with Gasteiger partial charge in [-0.25, -0.2) is 0 Å². The van der Waals surface area contributed by atoms with Gasteiger partial charge in [0.15, 0.2) is 5.78 Å². The van der Waals surface area contributed by atoms with E-state index in [1.54, 1.807) is 11.8 Å². The largest absolute Gasteiger partial charge is 0.511 e. The molecule has 1 saturated heterocycles. The molecule has 5 atom stereocenters. The fourth-order valence-corrected chi connectivity index (χ4v) is 6.64. The van der Waals surface area contributed by atoms with E-state index >= 15 is 0 Å². The molecule has 0 aromatic carbocycles. The van der Waals surface area contributed by atoms with Crippen LogP contribution < -0.4 is 0 Å². The monoisotopic (exact) mass is 449 g/mol. The van der Waals surface area contributed by atoms with Crippen LogP contribution in [0.4, 0.5) is 0 Å². The SMILES string of the molecule is CSCCC1C(=O)/C(=C(/O)CC2CC3CCC2C3)C(=O)N1C(=O)CC(C)CC(C)(C)C. The lowest BCUT2D eigenvalue weighted by atomic mass is 9.84. The summed E-state index contributed by atoms with van der Waals surface area (Å²) in [4.78, 5) is 40.7. The summed E-state index contributed by atoms with van der Waals surface area (Å²) in [6.45, 7) is 8.42. The summed E-state index contributed by atoms with van der Waals surface area (Å²) in [5, 5.41) is 10.9. The molecule has 6 heteroatoms. The van der Waals surface area contributed by atoms with Crippen LogP contribution in [0.3, 0.4) is 0 Å². The number of rotatable bonds is 8. The Labute approximate surface area is 191 Å². The summed E-state index contributed by atoms with van der Waals surface area (Å²) in [6.07, 6.45) is 8.63. The average Bonchev–Trinajstić information content (AvgIpc) is 3.31. The molecule has 2 aliphatic carbocycles. The number of nitrogens with zero attached hydrogens (tertiary/aromatic N) is 1. The molecule has 1 aliphatic heterocycles. The zero-order valence-corrected chi connectivity index (χ0v) is 20.6. The van der Waals surface area contributed by atoms with Crippen LogP contribution in [-0.4, -0.2) is 45.7 Å². The number of likely N-dealkylation sites (tertiary alicyclic amines) is 1. The Kier molecular flexibility index (Phi) is 7.60. The minimum absolute atomic E-state index is 0.0836. The standard InChI is InChI=1S/C25H39NO4S/c1-15(14-25(2,3)4)10-21(28)26-19(8-9-31-5)23(29)22(24(26)30)20(27)13-18-12-16-6-7-17(18)11-16/h15-19,27H,6-14H2,1-5H3/b22-20-. The number of allylic oxidation sites excluding steroid dienone is 1. The van der Waals surface area contributed by atoms with Gasteiger partial charge in [-0.1, -0.05) is 34.1 Å². The van der Waals surface area contributed by atoms with E-state index in [2.05, 4.69) is 20.8 Å². The van der Waals surface area contributed by atoms with E-state index in [0.717, 1.165) is 18.8 Å². The molecular formula is C25H39NO4S. The van der Waals surface area contributed by atoms with Crippen molar-refractivity contribution in [2.75, 3.05) is 12.0 Å². The molecule has 0 spiro atoms. The van der Waals surface area contributed by atoms with Gasteiger partial charge in [-0.3, -0.25) is 19.3 Å². The molecule has 5 unspecified atom stereocenters. The Morgan fingerprint density at radius 2 is 1.94 bits per heavy atom. The number of aliphatic hydroxyl groups excluding tert-OH is 1. The Morgan fingerprint density at radius 3 is 2.48 bits per heavy atom. The average molecular weight is 450 g/mol. The molecule has 174 valence electrons. The highest BCUT2D eigenvalue weighted by Gasteiger charge is 2.48. The summed E-state index contributed by atoms with van der Waals surface area (Å²) >= 11 is 1.59. The topological polar surface area (TPSA) is 74.7 Å². The molecule has 0 aromatic heterocycles. The van der Waals surface area contributed by atoms with Crippen LogP contribution in [0.5, 0.6) is 0 Å². The first-order chi connectivity index (χ1) is 14.5. The van der Waals surface area contributed by atoms with Crippen molar-refractivity contribution in [1.82, 2.24) is 4.90 Å². The van der Waals surface area contributed by atoms with Gasteiger partial charge in [0, 0.05) is 12.8 Å². The lowest BCUT2D eigenvalue weighted by Crippen LogP contribution is -2.41. The number of hydrogen-bond acceptors (Lipinski definition) is 5. The Hall–Kier alpha value is -1.30. The number of Topliss-reactive ketones (excluding diaryl/α,β-unsaturated/α-hetero) is 1. The summed E-state index contributed by atoms with van der Waals surface area (Å²) in [5.74, 6) is 1.18. The van der Waals surface area contributed by atoms with Crippen LogP contribution in [-0.2, 0) is 14.4 Å². The van der Waals surface area contributed by atoms with E-state index in [1.807, 2.05) is 13.2 Å². The van der Waals surface area contributed by atoms with E-state index < -0.39 is 11.9 Å². The van der Waals surface area contributed by atoms with Crippen molar-refractivity contribution in [1.29, 1.82) is 0 Å².